The highest BCUT2D eigenvalue weighted by Gasteiger charge is 2.31. The molecule has 4 heteroatoms. The number of hydrogen-bond acceptors (Lipinski definition) is 2. The van der Waals surface area contributed by atoms with Crippen molar-refractivity contribution in [3.63, 3.8) is 0 Å². The van der Waals surface area contributed by atoms with Crippen LogP contribution >= 0.6 is 0 Å². The molecule has 0 spiro atoms. The van der Waals surface area contributed by atoms with Gasteiger partial charge in [0, 0.05) is 20.0 Å². The third kappa shape index (κ3) is 2.09. The van der Waals surface area contributed by atoms with E-state index >= 15 is 0 Å². The summed E-state index contributed by atoms with van der Waals surface area (Å²) in [6.07, 6.45) is 1.58. The molecule has 1 fully saturated rings. The predicted molar refractivity (Wildman–Crippen MR) is 50.8 cm³/mol. The van der Waals surface area contributed by atoms with Gasteiger partial charge in [-0.3, -0.25) is 0 Å². The van der Waals surface area contributed by atoms with Crippen molar-refractivity contribution in [3.8, 4) is 5.75 Å². The van der Waals surface area contributed by atoms with E-state index in [0.717, 1.165) is 18.9 Å². The molecule has 1 aromatic carbocycles. The summed E-state index contributed by atoms with van der Waals surface area (Å²) in [7, 11) is 1.63. The first-order valence-corrected chi connectivity index (χ1v) is 4.84. The van der Waals surface area contributed by atoms with Crippen LogP contribution in [0.5, 0.6) is 5.75 Å². The summed E-state index contributed by atoms with van der Waals surface area (Å²) in [5.41, 5.74) is 0. The van der Waals surface area contributed by atoms with E-state index in [1.165, 1.54) is 12.1 Å². The zero-order chi connectivity index (χ0) is 10.8. The molecule has 1 aliphatic rings. The van der Waals surface area contributed by atoms with Crippen LogP contribution in [0.2, 0.25) is 0 Å². The van der Waals surface area contributed by atoms with E-state index in [1.54, 1.807) is 7.11 Å². The van der Waals surface area contributed by atoms with Crippen LogP contribution in [0.3, 0.4) is 0 Å². The summed E-state index contributed by atoms with van der Waals surface area (Å²) >= 11 is 0. The molecule has 0 amide bonds. The van der Waals surface area contributed by atoms with Crippen LogP contribution in [0, 0.1) is 11.6 Å². The Hall–Kier alpha value is -1.16. The summed E-state index contributed by atoms with van der Waals surface area (Å²) in [5.74, 6) is -1.82. The van der Waals surface area contributed by atoms with Gasteiger partial charge < -0.3 is 9.47 Å². The van der Waals surface area contributed by atoms with Gasteiger partial charge in [-0.25, -0.2) is 4.39 Å². The molecular weight excluding hydrogens is 202 g/mol. The molecule has 0 radical (unpaired) electrons. The molecule has 82 valence electrons. The molecule has 0 N–H and O–H groups in total. The van der Waals surface area contributed by atoms with Gasteiger partial charge in [-0.2, -0.15) is 4.39 Å². The second-order valence-corrected chi connectivity index (χ2v) is 3.62. The molecule has 15 heavy (non-hydrogen) atoms. The zero-order valence-electron chi connectivity index (χ0n) is 8.37. The molecule has 0 aliphatic heterocycles. The third-order valence-electron chi connectivity index (χ3n) is 2.59. The minimum atomic E-state index is -0.918. The Labute approximate surface area is 86.8 Å². The quantitative estimate of drug-likeness (QED) is 0.769. The fourth-order valence-corrected chi connectivity index (χ4v) is 1.56. The lowest BCUT2D eigenvalue weighted by Crippen LogP contribution is -2.39. The number of rotatable bonds is 3. The van der Waals surface area contributed by atoms with Crippen molar-refractivity contribution in [2.75, 3.05) is 7.11 Å². The lowest BCUT2D eigenvalue weighted by Gasteiger charge is -2.34. The van der Waals surface area contributed by atoms with Gasteiger partial charge in [0.2, 0.25) is 5.82 Å². The molecule has 0 unspecified atom stereocenters. The maximum atomic E-state index is 13.2. The molecule has 0 aromatic heterocycles. The highest BCUT2D eigenvalue weighted by Crippen LogP contribution is 2.29. The van der Waals surface area contributed by atoms with Crippen LogP contribution in [-0.4, -0.2) is 19.3 Å². The van der Waals surface area contributed by atoms with Crippen LogP contribution in [0.1, 0.15) is 12.8 Å². The summed E-state index contributed by atoms with van der Waals surface area (Å²) < 4.78 is 36.3. The van der Waals surface area contributed by atoms with Gasteiger partial charge in [-0.1, -0.05) is 6.07 Å². The van der Waals surface area contributed by atoms with Crippen molar-refractivity contribution >= 4 is 0 Å². The van der Waals surface area contributed by atoms with Crippen molar-refractivity contribution in [2.24, 2.45) is 0 Å². The zero-order valence-corrected chi connectivity index (χ0v) is 8.37. The predicted octanol–water partition coefficient (Wildman–Crippen LogP) is 2.52. The van der Waals surface area contributed by atoms with E-state index in [1.807, 2.05) is 0 Å². The summed E-state index contributed by atoms with van der Waals surface area (Å²) in [6, 6.07) is 3.93. The first kappa shape index (κ1) is 10.4. The van der Waals surface area contributed by atoms with Crippen LogP contribution in [0.25, 0.3) is 0 Å². The van der Waals surface area contributed by atoms with Crippen molar-refractivity contribution in [1.29, 1.82) is 0 Å². The van der Waals surface area contributed by atoms with Crippen molar-refractivity contribution in [2.45, 2.75) is 25.0 Å². The van der Waals surface area contributed by atoms with Crippen LogP contribution in [0.15, 0.2) is 18.2 Å². The highest BCUT2D eigenvalue weighted by molar-refractivity contribution is 5.25. The Morgan fingerprint density at radius 3 is 2.60 bits per heavy atom. The van der Waals surface area contributed by atoms with Gasteiger partial charge in [0.05, 0.1) is 6.10 Å². The van der Waals surface area contributed by atoms with E-state index < -0.39 is 11.6 Å². The Kier molecular flexibility index (Phi) is 2.86. The number of ether oxygens (including phenoxy) is 2. The minimum Gasteiger partial charge on any atom is -0.487 e. The van der Waals surface area contributed by atoms with E-state index in [-0.39, 0.29) is 18.0 Å². The normalized spacial score (nSPS) is 24.7. The Morgan fingerprint density at radius 1 is 1.20 bits per heavy atom. The van der Waals surface area contributed by atoms with Crippen molar-refractivity contribution < 1.29 is 18.3 Å². The van der Waals surface area contributed by atoms with E-state index in [2.05, 4.69) is 0 Å². The summed E-state index contributed by atoms with van der Waals surface area (Å²) in [4.78, 5) is 0. The standard InChI is InChI=1S/C11H12F2O2/c1-14-7-5-8(6-7)15-10-4-2-3-9(12)11(10)13/h2-4,7-8H,5-6H2,1H3. The van der Waals surface area contributed by atoms with Crippen molar-refractivity contribution in [1.82, 2.24) is 0 Å². The molecule has 2 rings (SSSR count). The van der Waals surface area contributed by atoms with E-state index in [9.17, 15) is 8.78 Å². The molecule has 0 heterocycles. The lowest BCUT2D eigenvalue weighted by molar-refractivity contribution is -0.0394. The van der Waals surface area contributed by atoms with Gasteiger partial charge in [-0.15, -0.1) is 0 Å². The average Bonchev–Trinajstić information content (AvgIpc) is 2.17. The molecule has 2 nitrogen and oxygen atoms in total. The van der Waals surface area contributed by atoms with Gasteiger partial charge >= 0.3 is 0 Å². The second-order valence-electron chi connectivity index (χ2n) is 3.62. The Morgan fingerprint density at radius 2 is 1.93 bits per heavy atom. The summed E-state index contributed by atoms with van der Waals surface area (Å²) in [6.45, 7) is 0. The lowest BCUT2D eigenvalue weighted by atomic mass is 9.92. The van der Waals surface area contributed by atoms with Crippen LogP contribution < -0.4 is 4.74 Å². The second kappa shape index (κ2) is 4.14. The third-order valence-corrected chi connectivity index (χ3v) is 2.59. The van der Waals surface area contributed by atoms with Gasteiger partial charge in [0.1, 0.15) is 6.10 Å². The SMILES string of the molecule is COC1CC(Oc2cccc(F)c2F)C1. The summed E-state index contributed by atoms with van der Waals surface area (Å²) in [5, 5.41) is 0. The minimum absolute atomic E-state index is 0.0189. The number of halogens is 2. The maximum Gasteiger partial charge on any atom is 0.200 e. The largest absolute Gasteiger partial charge is 0.487 e. The molecule has 0 atom stereocenters. The topological polar surface area (TPSA) is 18.5 Å². The maximum absolute atomic E-state index is 13.2. The molecule has 0 bridgehead atoms. The number of benzene rings is 1. The number of hydrogen-bond donors (Lipinski definition) is 0. The van der Waals surface area contributed by atoms with Crippen molar-refractivity contribution in [3.05, 3.63) is 29.8 Å². The Balaban J connectivity index is 1.97. The van der Waals surface area contributed by atoms with E-state index in [0.29, 0.717) is 0 Å². The highest BCUT2D eigenvalue weighted by atomic mass is 19.2. The van der Waals surface area contributed by atoms with Gasteiger partial charge in [-0.05, 0) is 12.1 Å². The first-order chi connectivity index (χ1) is 7.20. The fourth-order valence-electron chi connectivity index (χ4n) is 1.56. The molecule has 1 saturated carbocycles. The number of methoxy groups -OCH3 is 1. The van der Waals surface area contributed by atoms with Crippen LogP contribution in [0.4, 0.5) is 8.78 Å². The molecule has 1 aliphatic carbocycles. The smallest absolute Gasteiger partial charge is 0.200 e. The van der Waals surface area contributed by atoms with Gasteiger partial charge in [0.25, 0.3) is 0 Å². The molecule has 0 saturated heterocycles. The first-order valence-electron chi connectivity index (χ1n) is 4.84. The van der Waals surface area contributed by atoms with Gasteiger partial charge in [0.15, 0.2) is 11.6 Å². The average molecular weight is 214 g/mol. The Bertz CT molecular complexity index is 348. The molecule has 1 aromatic rings. The fraction of sp³-hybridized carbons (Fsp3) is 0.455. The van der Waals surface area contributed by atoms with E-state index in [4.69, 9.17) is 9.47 Å². The van der Waals surface area contributed by atoms with Crippen LogP contribution in [-0.2, 0) is 4.74 Å². The monoisotopic (exact) mass is 214 g/mol. The molecular formula is C11H12F2O2.